The fourth-order valence-electron chi connectivity index (χ4n) is 4.34. The van der Waals surface area contributed by atoms with E-state index in [1.165, 1.54) is 17.5 Å². The van der Waals surface area contributed by atoms with Crippen molar-refractivity contribution in [1.82, 2.24) is 19.8 Å². The Morgan fingerprint density at radius 2 is 2.00 bits per heavy atom. The molecule has 0 spiro atoms. The van der Waals surface area contributed by atoms with Crippen LogP contribution in [-0.2, 0) is 17.7 Å². The van der Waals surface area contributed by atoms with Crippen LogP contribution >= 0.6 is 0 Å². The van der Waals surface area contributed by atoms with Crippen molar-refractivity contribution in [3.8, 4) is 0 Å². The Kier molecular flexibility index (Phi) is 4.91. The van der Waals surface area contributed by atoms with Crippen LogP contribution < -0.4 is 5.32 Å². The number of aliphatic hydroxyl groups is 1. The Labute approximate surface area is 169 Å². The Balaban J connectivity index is 1.26. The second-order valence-electron chi connectivity index (χ2n) is 8.00. The molecule has 0 saturated carbocycles. The van der Waals surface area contributed by atoms with E-state index in [1.54, 1.807) is 11.0 Å². The molecular formula is C21H25N5O3. The van der Waals surface area contributed by atoms with Crippen molar-refractivity contribution in [2.45, 2.75) is 31.2 Å². The van der Waals surface area contributed by atoms with Gasteiger partial charge in [0.1, 0.15) is 17.8 Å². The highest BCUT2D eigenvalue weighted by atomic mass is 16.5. The molecule has 2 aromatic rings. The van der Waals surface area contributed by atoms with Crippen molar-refractivity contribution in [1.29, 1.82) is 0 Å². The number of anilines is 1. The van der Waals surface area contributed by atoms with E-state index in [1.807, 2.05) is 0 Å². The van der Waals surface area contributed by atoms with E-state index in [0.717, 1.165) is 19.5 Å². The molecule has 2 unspecified atom stereocenters. The summed E-state index contributed by atoms with van der Waals surface area (Å²) in [6.45, 7) is 3.82. The van der Waals surface area contributed by atoms with Gasteiger partial charge in [0.05, 0.1) is 31.4 Å². The van der Waals surface area contributed by atoms with Crippen LogP contribution in [0, 0.1) is 0 Å². The molecule has 2 N–H and O–H groups in total. The van der Waals surface area contributed by atoms with Gasteiger partial charge in [0.15, 0.2) is 0 Å². The maximum absolute atomic E-state index is 13.0. The maximum Gasteiger partial charge on any atom is 0.272 e. The molecule has 0 radical (unpaired) electrons. The lowest BCUT2D eigenvalue weighted by Gasteiger charge is -2.34. The van der Waals surface area contributed by atoms with Gasteiger partial charge in [-0.1, -0.05) is 24.3 Å². The van der Waals surface area contributed by atoms with Crippen LogP contribution in [0.5, 0.6) is 0 Å². The van der Waals surface area contributed by atoms with Gasteiger partial charge in [-0.05, 0) is 17.5 Å². The molecule has 2 atom stereocenters. The summed E-state index contributed by atoms with van der Waals surface area (Å²) >= 11 is 0. The summed E-state index contributed by atoms with van der Waals surface area (Å²) in [6, 6.07) is 10.3. The molecule has 8 nitrogen and oxygen atoms in total. The molecule has 3 aliphatic heterocycles. The van der Waals surface area contributed by atoms with Crippen LogP contribution in [0.15, 0.2) is 36.7 Å². The van der Waals surface area contributed by atoms with Gasteiger partial charge in [-0.15, -0.1) is 0 Å². The maximum atomic E-state index is 13.0. The minimum Gasteiger partial charge on any atom is -0.390 e. The van der Waals surface area contributed by atoms with Gasteiger partial charge in [-0.25, -0.2) is 9.97 Å². The summed E-state index contributed by atoms with van der Waals surface area (Å²) in [6.07, 6.45) is 1.82. The number of nitrogens with one attached hydrogen (secondary N) is 1. The quantitative estimate of drug-likeness (QED) is 0.780. The monoisotopic (exact) mass is 395 g/mol. The van der Waals surface area contributed by atoms with E-state index in [4.69, 9.17) is 4.74 Å². The number of rotatable bonds is 4. The Morgan fingerprint density at radius 3 is 2.79 bits per heavy atom. The molecule has 3 aliphatic rings. The zero-order chi connectivity index (χ0) is 19.8. The third-order valence-electron chi connectivity index (χ3n) is 6.05. The summed E-state index contributed by atoms with van der Waals surface area (Å²) in [5.41, 5.74) is 3.03. The van der Waals surface area contributed by atoms with Gasteiger partial charge in [-0.2, -0.15) is 0 Å². The number of carbonyl (C=O) groups excluding carboxylic acids is 1. The minimum atomic E-state index is -0.559. The van der Waals surface area contributed by atoms with Gasteiger partial charge in [0.25, 0.3) is 5.91 Å². The predicted molar refractivity (Wildman–Crippen MR) is 107 cm³/mol. The standard InChI is InChI=1S/C21H25N5O3/c27-19-10-26(9-18(19)25-6-5-14-3-1-2-4-15(14)8-25)21(28)17-7-20(23-13-22-17)24-16-11-29-12-16/h1-4,7,13,16,18-19,27H,5-6,8-12H2,(H,22,23,24). The number of amides is 1. The number of aliphatic hydroxyl groups excluding tert-OH is 1. The smallest absolute Gasteiger partial charge is 0.272 e. The summed E-state index contributed by atoms with van der Waals surface area (Å²) in [5, 5.41) is 13.9. The molecule has 0 aliphatic carbocycles. The molecule has 2 saturated heterocycles. The predicted octanol–water partition coefficient (Wildman–Crippen LogP) is 0.531. The number of β-amino-alcohol motifs (C(OH)–C–C–N with tert-alkyl or cyclic N) is 1. The number of hydrogen-bond acceptors (Lipinski definition) is 7. The fraction of sp³-hybridized carbons (Fsp3) is 0.476. The van der Waals surface area contributed by atoms with Crippen LogP contribution in [0.1, 0.15) is 21.6 Å². The molecule has 1 aromatic heterocycles. The Morgan fingerprint density at radius 1 is 1.17 bits per heavy atom. The Hall–Kier alpha value is -2.55. The summed E-state index contributed by atoms with van der Waals surface area (Å²) in [7, 11) is 0. The second-order valence-corrected chi connectivity index (χ2v) is 8.00. The number of nitrogens with zero attached hydrogens (tertiary/aromatic N) is 4. The number of likely N-dealkylation sites (tertiary alicyclic amines) is 1. The SMILES string of the molecule is O=C(c1cc(NC2COC2)ncn1)N1CC(O)C(N2CCc3ccccc3C2)C1. The molecule has 29 heavy (non-hydrogen) atoms. The second kappa shape index (κ2) is 7.70. The third-order valence-corrected chi connectivity index (χ3v) is 6.05. The van der Waals surface area contributed by atoms with E-state index in [0.29, 0.717) is 37.8 Å². The average Bonchev–Trinajstić information content (AvgIpc) is 3.11. The largest absolute Gasteiger partial charge is 0.390 e. The minimum absolute atomic E-state index is 0.0566. The highest BCUT2D eigenvalue weighted by Crippen LogP contribution is 2.25. The summed E-state index contributed by atoms with van der Waals surface area (Å²) in [4.78, 5) is 25.3. The van der Waals surface area contributed by atoms with Crippen LogP contribution in [0.2, 0.25) is 0 Å². The van der Waals surface area contributed by atoms with Gasteiger partial charge >= 0.3 is 0 Å². The van der Waals surface area contributed by atoms with Crippen molar-refractivity contribution in [2.24, 2.45) is 0 Å². The molecule has 152 valence electrons. The number of fused-ring (bicyclic) bond motifs is 1. The highest BCUT2D eigenvalue weighted by Gasteiger charge is 2.39. The normalized spacial score (nSPS) is 24.8. The summed E-state index contributed by atoms with van der Waals surface area (Å²) in [5.74, 6) is 0.458. The van der Waals surface area contributed by atoms with Gasteiger partial charge in [-0.3, -0.25) is 9.69 Å². The van der Waals surface area contributed by atoms with Crippen molar-refractivity contribution >= 4 is 11.7 Å². The first-order valence-electron chi connectivity index (χ1n) is 10.1. The third kappa shape index (κ3) is 3.71. The topological polar surface area (TPSA) is 90.8 Å². The van der Waals surface area contributed by atoms with Gasteiger partial charge < -0.3 is 20.1 Å². The fourth-order valence-corrected chi connectivity index (χ4v) is 4.34. The van der Waals surface area contributed by atoms with E-state index < -0.39 is 6.10 Å². The van der Waals surface area contributed by atoms with E-state index in [2.05, 4.69) is 44.5 Å². The average molecular weight is 395 g/mol. The zero-order valence-electron chi connectivity index (χ0n) is 16.2. The van der Waals surface area contributed by atoms with E-state index >= 15 is 0 Å². The Bertz CT molecular complexity index is 903. The highest BCUT2D eigenvalue weighted by molar-refractivity contribution is 5.93. The van der Waals surface area contributed by atoms with Crippen molar-refractivity contribution in [3.05, 3.63) is 53.5 Å². The zero-order valence-corrected chi connectivity index (χ0v) is 16.2. The van der Waals surface area contributed by atoms with Crippen LogP contribution in [0.4, 0.5) is 5.82 Å². The molecule has 8 heteroatoms. The molecular weight excluding hydrogens is 370 g/mol. The van der Waals surface area contributed by atoms with Crippen molar-refractivity contribution < 1.29 is 14.6 Å². The number of aromatic nitrogens is 2. The molecule has 1 amide bonds. The van der Waals surface area contributed by atoms with Crippen molar-refractivity contribution in [2.75, 3.05) is 38.2 Å². The molecule has 0 bridgehead atoms. The first kappa shape index (κ1) is 18.5. The molecule has 5 rings (SSSR count). The first-order valence-corrected chi connectivity index (χ1v) is 10.1. The van der Waals surface area contributed by atoms with Crippen LogP contribution in [-0.4, -0.2) is 81.8 Å². The first-order chi connectivity index (χ1) is 14.2. The number of hydrogen-bond donors (Lipinski definition) is 2. The van der Waals surface area contributed by atoms with Gasteiger partial charge in [0.2, 0.25) is 0 Å². The number of benzene rings is 1. The number of carbonyl (C=O) groups is 1. The van der Waals surface area contributed by atoms with Crippen molar-refractivity contribution in [3.63, 3.8) is 0 Å². The molecule has 2 fully saturated rings. The lowest BCUT2D eigenvalue weighted by molar-refractivity contribution is 0.0209. The lowest BCUT2D eigenvalue weighted by atomic mass is 9.98. The number of ether oxygens (including phenoxy) is 1. The summed E-state index contributed by atoms with van der Waals surface area (Å²) < 4.78 is 5.16. The molecule has 1 aromatic carbocycles. The van der Waals surface area contributed by atoms with Crippen LogP contribution in [0.25, 0.3) is 0 Å². The molecule has 4 heterocycles. The van der Waals surface area contributed by atoms with Gasteiger partial charge in [0, 0.05) is 32.2 Å². The van der Waals surface area contributed by atoms with E-state index in [9.17, 15) is 9.90 Å². The lowest BCUT2D eigenvalue weighted by Crippen LogP contribution is -2.45. The van der Waals surface area contributed by atoms with E-state index in [-0.39, 0.29) is 18.0 Å². The van der Waals surface area contributed by atoms with Crippen LogP contribution in [0.3, 0.4) is 0 Å².